The van der Waals surface area contributed by atoms with Gasteiger partial charge in [-0.1, -0.05) is 0 Å². The van der Waals surface area contributed by atoms with Crippen molar-refractivity contribution in [1.29, 1.82) is 5.26 Å². The molecular weight excluding hydrogens is 295 g/mol. The van der Waals surface area contributed by atoms with Crippen molar-refractivity contribution in [3.05, 3.63) is 57.8 Å². The van der Waals surface area contributed by atoms with E-state index in [0.717, 1.165) is 21.4 Å². The third kappa shape index (κ3) is 2.69. The van der Waals surface area contributed by atoms with E-state index in [0.29, 0.717) is 5.56 Å². The van der Waals surface area contributed by atoms with Crippen molar-refractivity contribution >= 4 is 27.3 Å². The molecular formula is C14H10BrFN2. The van der Waals surface area contributed by atoms with Crippen LogP contribution in [0.2, 0.25) is 0 Å². The lowest BCUT2D eigenvalue weighted by atomic mass is 10.1. The van der Waals surface area contributed by atoms with Crippen LogP contribution in [0, 0.1) is 24.1 Å². The smallest absolute Gasteiger partial charge is 0.123 e. The van der Waals surface area contributed by atoms with E-state index in [4.69, 9.17) is 5.26 Å². The first-order valence-corrected chi connectivity index (χ1v) is 6.12. The van der Waals surface area contributed by atoms with E-state index in [1.165, 1.54) is 12.1 Å². The predicted molar refractivity (Wildman–Crippen MR) is 73.3 cm³/mol. The van der Waals surface area contributed by atoms with Gasteiger partial charge in [-0.15, -0.1) is 0 Å². The highest BCUT2D eigenvalue weighted by atomic mass is 79.9. The quantitative estimate of drug-likeness (QED) is 0.886. The van der Waals surface area contributed by atoms with Crippen LogP contribution in [0.3, 0.4) is 0 Å². The van der Waals surface area contributed by atoms with Crippen molar-refractivity contribution in [3.8, 4) is 6.07 Å². The maximum Gasteiger partial charge on any atom is 0.123 e. The fourth-order valence-corrected chi connectivity index (χ4v) is 2.08. The summed E-state index contributed by atoms with van der Waals surface area (Å²) in [6.45, 7) is 1.84. The van der Waals surface area contributed by atoms with Gasteiger partial charge in [-0.3, -0.25) is 0 Å². The van der Waals surface area contributed by atoms with Gasteiger partial charge < -0.3 is 5.32 Å². The van der Waals surface area contributed by atoms with E-state index in [1.807, 2.05) is 13.0 Å². The number of nitrogens with zero attached hydrogens (tertiary/aromatic N) is 1. The SMILES string of the molecule is Cc1cc(F)ccc1Nc1ccc(C#N)cc1Br. The Hall–Kier alpha value is -1.86. The molecule has 0 radical (unpaired) electrons. The maximum absolute atomic E-state index is 13.0. The second-order valence-corrected chi connectivity index (χ2v) is 4.75. The number of nitrogens with one attached hydrogen (secondary N) is 1. The van der Waals surface area contributed by atoms with Gasteiger partial charge in [-0.05, 0) is 64.8 Å². The standard InChI is InChI=1S/C14H10BrFN2/c1-9-6-11(16)3-5-13(9)18-14-4-2-10(8-17)7-12(14)15/h2-7,18H,1H3. The van der Waals surface area contributed by atoms with Crippen LogP contribution < -0.4 is 5.32 Å². The molecule has 0 amide bonds. The topological polar surface area (TPSA) is 35.8 Å². The van der Waals surface area contributed by atoms with Gasteiger partial charge in [-0.2, -0.15) is 5.26 Å². The van der Waals surface area contributed by atoms with E-state index in [-0.39, 0.29) is 5.82 Å². The van der Waals surface area contributed by atoms with E-state index < -0.39 is 0 Å². The molecule has 4 heteroatoms. The number of nitriles is 1. The Morgan fingerprint density at radius 3 is 2.50 bits per heavy atom. The van der Waals surface area contributed by atoms with Crippen LogP contribution in [0.4, 0.5) is 15.8 Å². The molecule has 0 bridgehead atoms. The van der Waals surface area contributed by atoms with Gasteiger partial charge in [0, 0.05) is 10.2 Å². The van der Waals surface area contributed by atoms with Crippen molar-refractivity contribution in [2.24, 2.45) is 0 Å². The van der Waals surface area contributed by atoms with Crippen molar-refractivity contribution in [1.82, 2.24) is 0 Å². The number of hydrogen-bond acceptors (Lipinski definition) is 2. The molecule has 2 nitrogen and oxygen atoms in total. The summed E-state index contributed by atoms with van der Waals surface area (Å²) in [5.74, 6) is -0.253. The van der Waals surface area contributed by atoms with E-state index in [1.54, 1.807) is 18.2 Å². The molecule has 0 aromatic heterocycles. The van der Waals surface area contributed by atoms with Crippen LogP contribution in [0.1, 0.15) is 11.1 Å². The maximum atomic E-state index is 13.0. The number of rotatable bonds is 2. The first kappa shape index (κ1) is 12.6. The van der Waals surface area contributed by atoms with Crippen LogP contribution in [-0.2, 0) is 0 Å². The van der Waals surface area contributed by atoms with E-state index in [2.05, 4.69) is 27.3 Å². The van der Waals surface area contributed by atoms with Crippen LogP contribution in [-0.4, -0.2) is 0 Å². The summed E-state index contributed by atoms with van der Waals surface area (Å²) in [5, 5.41) is 12.0. The molecule has 2 rings (SSSR count). The van der Waals surface area contributed by atoms with Gasteiger partial charge >= 0.3 is 0 Å². The Morgan fingerprint density at radius 2 is 1.89 bits per heavy atom. The number of halogens is 2. The molecule has 0 spiro atoms. The second kappa shape index (κ2) is 5.19. The molecule has 0 unspecified atom stereocenters. The third-order valence-corrected chi connectivity index (χ3v) is 3.21. The number of aryl methyl sites for hydroxylation is 1. The molecule has 2 aromatic rings. The molecule has 0 saturated carbocycles. The van der Waals surface area contributed by atoms with Gasteiger partial charge in [0.2, 0.25) is 0 Å². The fourth-order valence-electron chi connectivity index (χ4n) is 1.60. The molecule has 1 N–H and O–H groups in total. The normalized spacial score (nSPS) is 9.89. The molecule has 0 aliphatic carbocycles. The van der Waals surface area contributed by atoms with E-state index in [9.17, 15) is 4.39 Å². The minimum atomic E-state index is -0.253. The molecule has 0 atom stereocenters. The minimum Gasteiger partial charge on any atom is -0.354 e. The average Bonchev–Trinajstić information content (AvgIpc) is 2.34. The highest BCUT2D eigenvalue weighted by Crippen LogP contribution is 2.28. The summed E-state index contributed by atoms with van der Waals surface area (Å²) in [5.41, 5.74) is 3.08. The summed E-state index contributed by atoms with van der Waals surface area (Å²) in [6.07, 6.45) is 0. The molecule has 0 aliphatic rings. The Bertz CT molecular complexity index is 632. The van der Waals surface area contributed by atoms with Crippen LogP contribution >= 0.6 is 15.9 Å². The highest BCUT2D eigenvalue weighted by Gasteiger charge is 2.04. The lowest BCUT2D eigenvalue weighted by Gasteiger charge is -2.11. The average molecular weight is 305 g/mol. The van der Waals surface area contributed by atoms with Gasteiger partial charge in [-0.25, -0.2) is 4.39 Å². The van der Waals surface area contributed by atoms with Gasteiger partial charge in [0.05, 0.1) is 17.3 Å². The lowest BCUT2D eigenvalue weighted by Crippen LogP contribution is -1.95. The third-order valence-electron chi connectivity index (χ3n) is 2.56. The molecule has 0 aliphatic heterocycles. The lowest BCUT2D eigenvalue weighted by molar-refractivity contribution is 0.627. The first-order chi connectivity index (χ1) is 8.60. The summed E-state index contributed by atoms with van der Waals surface area (Å²) >= 11 is 3.40. The van der Waals surface area contributed by atoms with Gasteiger partial charge in [0.15, 0.2) is 0 Å². The molecule has 0 fully saturated rings. The number of hydrogen-bond donors (Lipinski definition) is 1. The minimum absolute atomic E-state index is 0.253. The van der Waals surface area contributed by atoms with Crippen LogP contribution in [0.5, 0.6) is 0 Å². The van der Waals surface area contributed by atoms with Crippen molar-refractivity contribution in [2.45, 2.75) is 6.92 Å². The number of benzene rings is 2. The Balaban J connectivity index is 2.32. The molecule has 2 aromatic carbocycles. The molecule has 90 valence electrons. The van der Waals surface area contributed by atoms with Crippen LogP contribution in [0.15, 0.2) is 40.9 Å². The Labute approximate surface area is 113 Å². The largest absolute Gasteiger partial charge is 0.354 e. The fraction of sp³-hybridized carbons (Fsp3) is 0.0714. The summed E-state index contributed by atoms with van der Waals surface area (Å²) in [7, 11) is 0. The Kier molecular flexibility index (Phi) is 3.63. The zero-order chi connectivity index (χ0) is 13.1. The summed E-state index contributed by atoms with van der Waals surface area (Å²) in [4.78, 5) is 0. The zero-order valence-electron chi connectivity index (χ0n) is 9.67. The van der Waals surface area contributed by atoms with Crippen molar-refractivity contribution in [2.75, 3.05) is 5.32 Å². The molecule has 0 saturated heterocycles. The first-order valence-electron chi connectivity index (χ1n) is 5.33. The predicted octanol–water partition coefficient (Wildman–Crippen LogP) is 4.51. The Morgan fingerprint density at radius 1 is 1.17 bits per heavy atom. The zero-order valence-corrected chi connectivity index (χ0v) is 11.3. The second-order valence-electron chi connectivity index (χ2n) is 3.89. The number of anilines is 2. The van der Waals surface area contributed by atoms with Gasteiger partial charge in [0.25, 0.3) is 0 Å². The molecule has 18 heavy (non-hydrogen) atoms. The van der Waals surface area contributed by atoms with Crippen molar-refractivity contribution < 1.29 is 4.39 Å². The molecule has 0 heterocycles. The highest BCUT2D eigenvalue weighted by molar-refractivity contribution is 9.10. The summed E-state index contributed by atoms with van der Waals surface area (Å²) < 4.78 is 13.8. The van der Waals surface area contributed by atoms with E-state index >= 15 is 0 Å². The summed E-state index contributed by atoms with van der Waals surface area (Å²) in [6, 6.07) is 11.9. The van der Waals surface area contributed by atoms with Crippen molar-refractivity contribution in [3.63, 3.8) is 0 Å². The van der Waals surface area contributed by atoms with Crippen LogP contribution in [0.25, 0.3) is 0 Å². The van der Waals surface area contributed by atoms with Gasteiger partial charge in [0.1, 0.15) is 5.82 Å². The monoisotopic (exact) mass is 304 g/mol.